The number of carbonyl (C=O) groups is 2. The highest BCUT2D eigenvalue weighted by molar-refractivity contribution is 7.92. The zero-order valence-corrected chi connectivity index (χ0v) is 27.2. The number of sulfonamides is 1. The Morgan fingerprint density at radius 2 is 1.42 bits per heavy atom. The predicted octanol–water partition coefficient (Wildman–Crippen LogP) is 6.45. The third-order valence-electron chi connectivity index (χ3n) is 7.35. The number of para-hydroxylation sites is 1. The maximum atomic E-state index is 14.3. The molecule has 2 atom stereocenters. The smallest absolute Gasteiger partial charge is 0.244 e. The van der Waals surface area contributed by atoms with E-state index >= 15 is 0 Å². The number of rotatable bonds is 14. The highest BCUT2D eigenvalue weighted by atomic mass is 35.5. The number of ether oxygens (including phenoxy) is 1. The van der Waals surface area contributed by atoms with Gasteiger partial charge in [0.2, 0.25) is 21.8 Å². The number of hydrogen-bond acceptors (Lipinski definition) is 5. The Bertz CT molecular complexity index is 1670. The Morgan fingerprint density at radius 3 is 2.02 bits per heavy atom. The van der Waals surface area contributed by atoms with Crippen molar-refractivity contribution in [3.8, 4) is 11.5 Å². The normalized spacial score (nSPS) is 12.5. The fourth-order valence-corrected chi connectivity index (χ4v) is 5.77. The zero-order valence-electron chi connectivity index (χ0n) is 25.6. The van der Waals surface area contributed by atoms with Crippen LogP contribution in [0.15, 0.2) is 109 Å². The second-order valence-electron chi connectivity index (χ2n) is 10.8. The van der Waals surface area contributed by atoms with E-state index in [1.54, 1.807) is 48.5 Å². The summed E-state index contributed by atoms with van der Waals surface area (Å²) in [6, 6.07) is 31.1. The van der Waals surface area contributed by atoms with Gasteiger partial charge in [-0.3, -0.25) is 13.9 Å². The SMILES string of the molecule is CCC(C)NC(=O)C(Cc1ccccc1)N(Cc1ccccc1Cl)C(=O)CN(c1ccc(Oc2ccccc2)cc1)S(C)(=O)=O. The van der Waals surface area contributed by atoms with Gasteiger partial charge in [0.1, 0.15) is 24.1 Å². The van der Waals surface area contributed by atoms with Crippen LogP contribution in [0.2, 0.25) is 5.02 Å². The van der Waals surface area contributed by atoms with Crippen molar-refractivity contribution in [2.24, 2.45) is 0 Å². The first-order chi connectivity index (χ1) is 21.5. The van der Waals surface area contributed by atoms with E-state index in [-0.39, 0.29) is 30.6 Å². The monoisotopic (exact) mass is 647 g/mol. The summed E-state index contributed by atoms with van der Waals surface area (Å²) in [7, 11) is -3.91. The van der Waals surface area contributed by atoms with E-state index in [2.05, 4.69) is 5.32 Å². The van der Waals surface area contributed by atoms with Crippen LogP contribution in [-0.2, 0) is 32.6 Å². The van der Waals surface area contributed by atoms with E-state index in [9.17, 15) is 18.0 Å². The lowest BCUT2D eigenvalue weighted by molar-refractivity contribution is -0.140. The summed E-state index contributed by atoms with van der Waals surface area (Å²) in [6.07, 6.45) is 1.97. The number of carbonyl (C=O) groups excluding carboxylic acids is 2. The summed E-state index contributed by atoms with van der Waals surface area (Å²) in [4.78, 5) is 29.5. The Hall–Kier alpha value is -4.34. The van der Waals surface area contributed by atoms with Gasteiger partial charge in [-0.25, -0.2) is 8.42 Å². The molecule has 4 rings (SSSR count). The molecule has 8 nitrogen and oxygen atoms in total. The van der Waals surface area contributed by atoms with Gasteiger partial charge >= 0.3 is 0 Å². The van der Waals surface area contributed by atoms with Gasteiger partial charge in [-0.15, -0.1) is 0 Å². The van der Waals surface area contributed by atoms with E-state index in [1.807, 2.05) is 74.5 Å². The van der Waals surface area contributed by atoms with Gasteiger partial charge in [0.15, 0.2) is 0 Å². The molecule has 0 spiro atoms. The quantitative estimate of drug-likeness (QED) is 0.170. The van der Waals surface area contributed by atoms with Gasteiger partial charge in [0.05, 0.1) is 11.9 Å². The summed E-state index contributed by atoms with van der Waals surface area (Å²) >= 11 is 6.51. The van der Waals surface area contributed by atoms with Gasteiger partial charge in [-0.05, 0) is 66.9 Å². The Morgan fingerprint density at radius 1 is 0.844 bits per heavy atom. The Kier molecular flexibility index (Phi) is 11.6. The van der Waals surface area contributed by atoms with Crippen LogP contribution >= 0.6 is 11.6 Å². The molecule has 0 aliphatic heterocycles. The molecule has 45 heavy (non-hydrogen) atoms. The summed E-state index contributed by atoms with van der Waals surface area (Å²) in [6.45, 7) is 3.34. The van der Waals surface area contributed by atoms with Crippen LogP contribution in [0.3, 0.4) is 0 Å². The third-order valence-corrected chi connectivity index (χ3v) is 8.86. The lowest BCUT2D eigenvalue weighted by atomic mass is 10.0. The third kappa shape index (κ3) is 9.57. The molecule has 236 valence electrons. The molecule has 0 aromatic heterocycles. The molecule has 4 aromatic rings. The minimum Gasteiger partial charge on any atom is -0.457 e. The van der Waals surface area contributed by atoms with Crippen LogP contribution in [0.5, 0.6) is 11.5 Å². The van der Waals surface area contributed by atoms with Crippen molar-refractivity contribution in [3.63, 3.8) is 0 Å². The van der Waals surface area contributed by atoms with Gasteiger partial charge in [-0.1, -0.05) is 85.3 Å². The van der Waals surface area contributed by atoms with Crippen LogP contribution in [0.25, 0.3) is 0 Å². The largest absolute Gasteiger partial charge is 0.457 e. The Balaban J connectivity index is 1.69. The van der Waals surface area contributed by atoms with E-state index in [1.165, 1.54) is 4.90 Å². The van der Waals surface area contributed by atoms with Gasteiger partial charge in [-0.2, -0.15) is 0 Å². The molecule has 0 bridgehead atoms. The standard InChI is InChI=1S/C35H38ClN3O5S/c1-4-26(2)37-35(41)33(23-27-13-7-5-8-14-27)38(24-28-15-11-12-18-32(28)36)34(40)25-39(45(3,42)43)29-19-21-31(22-20-29)44-30-16-9-6-10-17-30/h5-22,26,33H,4,23-25H2,1-3H3,(H,37,41). The van der Waals surface area contributed by atoms with Crippen molar-refractivity contribution >= 4 is 39.1 Å². The van der Waals surface area contributed by atoms with Crippen molar-refractivity contribution < 1.29 is 22.7 Å². The maximum Gasteiger partial charge on any atom is 0.244 e. The first kappa shape index (κ1) is 33.6. The molecular weight excluding hydrogens is 610 g/mol. The summed E-state index contributed by atoms with van der Waals surface area (Å²) in [5, 5.41) is 3.45. The summed E-state index contributed by atoms with van der Waals surface area (Å²) in [5.41, 5.74) is 1.77. The van der Waals surface area contributed by atoms with Crippen LogP contribution in [0.1, 0.15) is 31.4 Å². The molecule has 0 radical (unpaired) electrons. The summed E-state index contributed by atoms with van der Waals surface area (Å²) < 4.78 is 33.0. The van der Waals surface area contributed by atoms with E-state index in [4.69, 9.17) is 16.3 Å². The molecule has 1 N–H and O–H groups in total. The fraction of sp³-hybridized carbons (Fsp3) is 0.257. The molecule has 0 aliphatic rings. The average molecular weight is 648 g/mol. The first-order valence-electron chi connectivity index (χ1n) is 14.7. The number of amides is 2. The molecule has 0 fully saturated rings. The second-order valence-corrected chi connectivity index (χ2v) is 13.1. The van der Waals surface area contributed by atoms with Crippen molar-refractivity contribution in [3.05, 3.63) is 125 Å². The lowest BCUT2D eigenvalue weighted by Crippen LogP contribution is -2.54. The van der Waals surface area contributed by atoms with Crippen LogP contribution in [-0.4, -0.2) is 50.0 Å². The molecule has 0 heterocycles. The van der Waals surface area contributed by atoms with Crippen LogP contribution < -0.4 is 14.4 Å². The van der Waals surface area contributed by atoms with E-state index in [0.29, 0.717) is 28.5 Å². The predicted molar refractivity (Wildman–Crippen MR) is 179 cm³/mol. The summed E-state index contributed by atoms with van der Waals surface area (Å²) in [5.74, 6) is 0.262. The molecule has 10 heteroatoms. The van der Waals surface area contributed by atoms with Crippen LogP contribution in [0.4, 0.5) is 5.69 Å². The number of anilines is 1. The van der Waals surface area contributed by atoms with Gasteiger partial charge in [0.25, 0.3) is 0 Å². The molecule has 0 saturated heterocycles. The zero-order chi connectivity index (χ0) is 32.4. The first-order valence-corrected chi connectivity index (χ1v) is 17.0. The van der Waals surface area contributed by atoms with Gasteiger partial charge < -0.3 is 15.0 Å². The average Bonchev–Trinajstić information content (AvgIpc) is 3.03. The molecule has 2 unspecified atom stereocenters. The minimum absolute atomic E-state index is 0.00535. The minimum atomic E-state index is -3.91. The van der Waals surface area contributed by atoms with E-state index < -0.39 is 28.5 Å². The topological polar surface area (TPSA) is 96.0 Å². The maximum absolute atomic E-state index is 14.3. The van der Waals surface area contributed by atoms with E-state index in [0.717, 1.165) is 16.1 Å². The van der Waals surface area contributed by atoms with Gasteiger partial charge in [0, 0.05) is 24.0 Å². The number of halogens is 1. The molecule has 0 aliphatic carbocycles. The molecular formula is C35H38ClN3O5S. The van der Waals surface area contributed by atoms with Crippen molar-refractivity contribution in [2.75, 3.05) is 17.1 Å². The number of hydrogen-bond donors (Lipinski definition) is 1. The lowest BCUT2D eigenvalue weighted by Gasteiger charge is -2.34. The van der Waals surface area contributed by atoms with Crippen molar-refractivity contribution in [1.29, 1.82) is 0 Å². The molecule has 0 saturated carbocycles. The second kappa shape index (κ2) is 15.6. The van der Waals surface area contributed by atoms with Crippen molar-refractivity contribution in [2.45, 2.75) is 45.3 Å². The fourth-order valence-electron chi connectivity index (χ4n) is 4.72. The van der Waals surface area contributed by atoms with Crippen molar-refractivity contribution in [1.82, 2.24) is 10.2 Å². The molecule has 2 amide bonds. The number of nitrogens with one attached hydrogen (secondary N) is 1. The molecule has 4 aromatic carbocycles. The van der Waals surface area contributed by atoms with Crippen LogP contribution in [0, 0.1) is 0 Å². The Labute approximate surface area is 270 Å². The highest BCUT2D eigenvalue weighted by Gasteiger charge is 2.33. The number of nitrogens with zero attached hydrogens (tertiary/aromatic N) is 2. The highest BCUT2D eigenvalue weighted by Crippen LogP contribution is 2.27. The number of benzene rings is 4.